The lowest BCUT2D eigenvalue weighted by molar-refractivity contribution is 0.0183. The molecule has 0 unspecified atom stereocenters. The first-order valence-corrected chi connectivity index (χ1v) is 8.38. The maximum Gasteiger partial charge on any atom is 0.272 e. The van der Waals surface area contributed by atoms with Crippen LogP contribution in [0.3, 0.4) is 0 Å². The second-order valence-corrected chi connectivity index (χ2v) is 6.06. The van der Waals surface area contributed by atoms with Gasteiger partial charge in [0.1, 0.15) is 0 Å². The number of aryl methyl sites for hydroxylation is 1. The van der Waals surface area contributed by atoms with Crippen molar-refractivity contribution in [3.05, 3.63) is 17.0 Å². The molecule has 0 radical (unpaired) electrons. The molecule has 2 N–H and O–H groups in total. The second kappa shape index (κ2) is 7.74. The summed E-state index contributed by atoms with van der Waals surface area (Å²) in [6.45, 7) is 2.48. The highest BCUT2D eigenvalue weighted by Crippen LogP contribution is 2.21. The summed E-state index contributed by atoms with van der Waals surface area (Å²) in [5, 5.41) is 10.1. The Hall–Kier alpha value is -1.40. The molecule has 1 saturated heterocycles. The Morgan fingerprint density at radius 2 is 2.23 bits per heavy atom. The SMILES string of the molecule is O=C(NCCOC[C@@H]1CCCO1)c1n[nH]c2c1CCCCC2. The molecule has 2 aliphatic rings. The minimum absolute atomic E-state index is 0.0971. The van der Waals surface area contributed by atoms with Crippen molar-refractivity contribution in [2.75, 3.05) is 26.4 Å². The van der Waals surface area contributed by atoms with E-state index >= 15 is 0 Å². The summed E-state index contributed by atoms with van der Waals surface area (Å²) >= 11 is 0. The molecule has 6 heteroatoms. The van der Waals surface area contributed by atoms with Crippen molar-refractivity contribution in [1.82, 2.24) is 15.5 Å². The quantitative estimate of drug-likeness (QED) is 0.618. The largest absolute Gasteiger partial charge is 0.377 e. The molecule has 1 aliphatic heterocycles. The van der Waals surface area contributed by atoms with Crippen LogP contribution in [0.5, 0.6) is 0 Å². The lowest BCUT2D eigenvalue weighted by Gasteiger charge is -2.10. The standard InChI is InChI=1S/C16H25N3O3/c20-16(17-8-10-21-11-12-5-4-9-22-12)15-13-6-2-1-3-7-14(13)18-19-15/h12H,1-11H2,(H,17,20)(H,18,19)/t12-/m0/s1. The molecule has 1 aromatic rings. The highest BCUT2D eigenvalue weighted by molar-refractivity contribution is 5.93. The number of carbonyl (C=O) groups is 1. The molecule has 0 spiro atoms. The van der Waals surface area contributed by atoms with Crippen molar-refractivity contribution in [3.8, 4) is 0 Å². The van der Waals surface area contributed by atoms with Crippen molar-refractivity contribution in [2.24, 2.45) is 0 Å². The number of aromatic amines is 1. The summed E-state index contributed by atoms with van der Waals surface area (Å²) in [6.07, 6.45) is 7.91. The first-order chi connectivity index (χ1) is 10.8. The average Bonchev–Trinajstić information content (AvgIpc) is 3.12. The van der Waals surface area contributed by atoms with Gasteiger partial charge in [0.2, 0.25) is 0 Å². The number of fused-ring (bicyclic) bond motifs is 1. The molecular weight excluding hydrogens is 282 g/mol. The summed E-state index contributed by atoms with van der Waals surface area (Å²) in [5.41, 5.74) is 2.81. The topological polar surface area (TPSA) is 76.2 Å². The maximum atomic E-state index is 12.2. The van der Waals surface area contributed by atoms with Crippen LogP contribution in [0.15, 0.2) is 0 Å². The van der Waals surface area contributed by atoms with Crippen molar-refractivity contribution < 1.29 is 14.3 Å². The zero-order valence-corrected chi connectivity index (χ0v) is 13.0. The summed E-state index contributed by atoms with van der Waals surface area (Å²) in [7, 11) is 0. The molecule has 1 aliphatic carbocycles. The van der Waals surface area contributed by atoms with E-state index < -0.39 is 0 Å². The number of H-pyrrole nitrogens is 1. The molecule has 3 rings (SSSR count). The number of carbonyl (C=O) groups excluding carboxylic acids is 1. The van der Waals surface area contributed by atoms with Gasteiger partial charge in [0.15, 0.2) is 5.69 Å². The third kappa shape index (κ3) is 3.87. The Kier molecular flexibility index (Phi) is 5.45. The van der Waals surface area contributed by atoms with Gasteiger partial charge in [0, 0.05) is 24.4 Å². The van der Waals surface area contributed by atoms with E-state index in [0.29, 0.717) is 25.5 Å². The summed E-state index contributed by atoms with van der Waals surface area (Å²) < 4.78 is 11.0. The van der Waals surface area contributed by atoms with Crippen LogP contribution in [0, 0.1) is 0 Å². The predicted molar refractivity (Wildman–Crippen MR) is 82.0 cm³/mol. The Bertz CT molecular complexity index is 495. The molecule has 1 fully saturated rings. The van der Waals surface area contributed by atoms with Crippen LogP contribution in [0.4, 0.5) is 0 Å². The number of aromatic nitrogens is 2. The molecule has 22 heavy (non-hydrogen) atoms. The Morgan fingerprint density at radius 3 is 3.09 bits per heavy atom. The van der Waals surface area contributed by atoms with Gasteiger partial charge in [-0.05, 0) is 38.5 Å². The third-order valence-electron chi connectivity index (χ3n) is 4.38. The van der Waals surface area contributed by atoms with Crippen LogP contribution >= 0.6 is 0 Å². The number of hydrogen-bond donors (Lipinski definition) is 2. The number of nitrogens with zero attached hydrogens (tertiary/aromatic N) is 1. The van der Waals surface area contributed by atoms with E-state index in [4.69, 9.17) is 9.47 Å². The van der Waals surface area contributed by atoms with Crippen LogP contribution in [0.2, 0.25) is 0 Å². The molecule has 1 aromatic heterocycles. The highest BCUT2D eigenvalue weighted by atomic mass is 16.5. The molecule has 6 nitrogen and oxygen atoms in total. The highest BCUT2D eigenvalue weighted by Gasteiger charge is 2.20. The van der Waals surface area contributed by atoms with Gasteiger partial charge in [-0.2, -0.15) is 5.10 Å². The van der Waals surface area contributed by atoms with E-state index in [1.807, 2.05) is 0 Å². The summed E-state index contributed by atoms with van der Waals surface area (Å²) in [5.74, 6) is -0.0971. The van der Waals surface area contributed by atoms with E-state index in [9.17, 15) is 4.79 Å². The minimum atomic E-state index is -0.0971. The number of nitrogens with one attached hydrogen (secondary N) is 2. The molecule has 1 amide bonds. The fourth-order valence-electron chi connectivity index (χ4n) is 3.16. The van der Waals surface area contributed by atoms with E-state index in [1.165, 1.54) is 12.8 Å². The van der Waals surface area contributed by atoms with Crippen LogP contribution in [-0.2, 0) is 22.3 Å². The Balaban J connectivity index is 1.41. The third-order valence-corrected chi connectivity index (χ3v) is 4.38. The number of amides is 1. The molecule has 0 bridgehead atoms. The lowest BCUT2D eigenvalue weighted by Crippen LogP contribution is -2.29. The predicted octanol–water partition coefficient (Wildman–Crippen LogP) is 1.60. The van der Waals surface area contributed by atoms with Crippen LogP contribution < -0.4 is 5.32 Å². The van der Waals surface area contributed by atoms with E-state index in [1.54, 1.807) is 0 Å². The van der Waals surface area contributed by atoms with Gasteiger partial charge in [-0.3, -0.25) is 9.89 Å². The second-order valence-electron chi connectivity index (χ2n) is 6.06. The number of hydrogen-bond acceptors (Lipinski definition) is 4. The van der Waals surface area contributed by atoms with Gasteiger partial charge in [0.25, 0.3) is 5.91 Å². The Labute approximate surface area is 130 Å². The first-order valence-electron chi connectivity index (χ1n) is 8.38. The fourth-order valence-corrected chi connectivity index (χ4v) is 3.16. The maximum absolute atomic E-state index is 12.2. The van der Waals surface area contributed by atoms with Gasteiger partial charge >= 0.3 is 0 Å². The molecule has 1 atom stereocenters. The molecule has 0 aromatic carbocycles. The normalized spacial score (nSPS) is 21.4. The minimum Gasteiger partial charge on any atom is -0.377 e. The monoisotopic (exact) mass is 307 g/mol. The fraction of sp³-hybridized carbons (Fsp3) is 0.750. The Morgan fingerprint density at radius 1 is 1.32 bits per heavy atom. The van der Waals surface area contributed by atoms with Crippen molar-refractivity contribution >= 4 is 5.91 Å². The molecule has 0 saturated carbocycles. The van der Waals surface area contributed by atoms with E-state index in [0.717, 1.165) is 50.0 Å². The van der Waals surface area contributed by atoms with Crippen LogP contribution in [-0.4, -0.2) is 48.6 Å². The van der Waals surface area contributed by atoms with Crippen LogP contribution in [0.1, 0.15) is 53.8 Å². The van der Waals surface area contributed by atoms with Gasteiger partial charge in [-0.15, -0.1) is 0 Å². The van der Waals surface area contributed by atoms with E-state index in [-0.39, 0.29) is 12.0 Å². The number of ether oxygens (including phenoxy) is 2. The van der Waals surface area contributed by atoms with E-state index in [2.05, 4.69) is 15.5 Å². The smallest absolute Gasteiger partial charge is 0.272 e. The average molecular weight is 307 g/mol. The lowest BCUT2D eigenvalue weighted by atomic mass is 10.1. The number of rotatable bonds is 6. The zero-order chi connectivity index (χ0) is 15.2. The van der Waals surface area contributed by atoms with Gasteiger partial charge in [-0.1, -0.05) is 6.42 Å². The zero-order valence-electron chi connectivity index (χ0n) is 13.0. The van der Waals surface area contributed by atoms with Crippen molar-refractivity contribution in [1.29, 1.82) is 0 Å². The summed E-state index contributed by atoms with van der Waals surface area (Å²) in [4.78, 5) is 12.2. The van der Waals surface area contributed by atoms with Gasteiger partial charge in [-0.25, -0.2) is 0 Å². The van der Waals surface area contributed by atoms with Gasteiger partial charge < -0.3 is 14.8 Å². The van der Waals surface area contributed by atoms with Gasteiger partial charge in [0.05, 0.1) is 19.3 Å². The molecule has 2 heterocycles. The molecule has 122 valence electrons. The summed E-state index contributed by atoms with van der Waals surface area (Å²) in [6, 6.07) is 0. The van der Waals surface area contributed by atoms with Crippen molar-refractivity contribution in [3.63, 3.8) is 0 Å². The molecular formula is C16H25N3O3. The first kappa shape index (κ1) is 15.5. The van der Waals surface area contributed by atoms with Crippen LogP contribution in [0.25, 0.3) is 0 Å². The van der Waals surface area contributed by atoms with Crippen molar-refractivity contribution in [2.45, 2.75) is 51.0 Å².